The molecule has 0 N–H and O–H groups in total. The molecule has 0 spiro atoms. The standard InChI is InChI=1S/C6H11N2.C3HF7O3S/c1-3-8-5-4-7(2)6-8;4-1(5,2(6,7)8)3(9,10)14(11,12)13/h4-6H,3H2,1-2H3;(H,11,12,13)/q+1;/p-1. The van der Waals surface area contributed by atoms with Gasteiger partial charge in [-0.15, -0.1) is 0 Å². The van der Waals surface area contributed by atoms with Crippen molar-refractivity contribution in [3.05, 3.63) is 18.7 Å². The lowest BCUT2D eigenvalue weighted by Gasteiger charge is -2.29. The van der Waals surface area contributed by atoms with E-state index in [9.17, 15) is 43.7 Å². The zero-order valence-electron chi connectivity index (χ0n) is 11.1. The summed E-state index contributed by atoms with van der Waals surface area (Å²) in [5, 5.41) is -6.72. The Morgan fingerprint density at radius 3 is 1.73 bits per heavy atom. The van der Waals surface area contributed by atoms with Crippen LogP contribution in [0, 0.1) is 0 Å². The van der Waals surface area contributed by atoms with Crippen LogP contribution in [0.1, 0.15) is 6.92 Å². The summed E-state index contributed by atoms with van der Waals surface area (Å²) in [7, 11) is -5.08. The maximum Gasteiger partial charge on any atom is 0.461 e. The van der Waals surface area contributed by atoms with Gasteiger partial charge in [0.05, 0.1) is 13.6 Å². The number of hydrogen-bond donors (Lipinski definition) is 0. The lowest BCUT2D eigenvalue weighted by molar-refractivity contribution is -0.671. The number of alkyl halides is 7. The van der Waals surface area contributed by atoms with Crippen LogP contribution in [0.2, 0.25) is 0 Å². The molecule has 0 aliphatic heterocycles. The Balaban J connectivity index is 0.000000461. The summed E-state index contributed by atoms with van der Waals surface area (Å²) in [6.07, 6.45) is -0.683. The summed E-state index contributed by atoms with van der Waals surface area (Å²) in [5.41, 5.74) is 0. The van der Waals surface area contributed by atoms with Crippen molar-refractivity contribution in [3.8, 4) is 0 Å². The van der Waals surface area contributed by atoms with Gasteiger partial charge in [0.25, 0.3) is 0 Å². The molecule has 22 heavy (non-hydrogen) atoms. The minimum atomic E-state index is -7.10. The molecule has 1 rings (SSSR count). The fourth-order valence-corrected chi connectivity index (χ4v) is 1.44. The van der Waals surface area contributed by atoms with E-state index in [4.69, 9.17) is 0 Å². The summed E-state index contributed by atoms with van der Waals surface area (Å²) in [5.74, 6) is -6.92. The van der Waals surface area contributed by atoms with Gasteiger partial charge in [0.15, 0.2) is 10.1 Å². The van der Waals surface area contributed by atoms with E-state index >= 15 is 0 Å². The molecule has 0 fully saturated rings. The minimum Gasteiger partial charge on any atom is -0.743 e. The number of halogens is 7. The third-order valence-electron chi connectivity index (χ3n) is 2.22. The number of rotatable bonds is 3. The number of aryl methyl sites for hydroxylation is 2. The van der Waals surface area contributed by atoms with E-state index in [1.807, 2.05) is 17.8 Å². The number of nitrogens with zero attached hydrogens (tertiary/aromatic N) is 2. The second-order valence-electron chi connectivity index (χ2n) is 3.95. The molecule has 1 heterocycles. The Labute approximate surface area is 120 Å². The van der Waals surface area contributed by atoms with Gasteiger partial charge in [0, 0.05) is 0 Å². The quantitative estimate of drug-likeness (QED) is 0.468. The third-order valence-corrected chi connectivity index (χ3v) is 3.11. The van der Waals surface area contributed by atoms with Gasteiger partial charge >= 0.3 is 17.4 Å². The molecule has 0 aliphatic carbocycles. The van der Waals surface area contributed by atoms with Crippen molar-refractivity contribution in [1.29, 1.82) is 0 Å². The highest BCUT2D eigenvalue weighted by molar-refractivity contribution is 7.86. The summed E-state index contributed by atoms with van der Waals surface area (Å²) in [6, 6.07) is 0. The maximum absolute atomic E-state index is 11.8. The average molecular weight is 360 g/mol. The van der Waals surface area contributed by atoms with E-state index in [2.05, 4.69) is 24.0 Å². The molecule has 5 nitrogen and oxygen atoms in total. The Kier molecular flexibility index (Phi) is 6.00. The summed E-state index contributed by atoms with van der Waals surface area (Å²) < 4.78 is 113. The van der Waals surface area contributed by atoms with Gasteiger partial charge in [0.2, 0.25) is 6.33 Å². The molecule has 0 radical (unpaired) electrons. The van der Waals surface area contributed by atoms with Crippen molar-refractivity contribution in [2.24, 2.45) is 7.05 Å². The molecule has 0 bridgehead atoms. The van der Waals surface area contributed by atoms with Crippen molar-refractivity contribution in [1.82, 2.24) is 4.57 Å². The highest BCUT2D eigenvalue weighted by atomic mass is 32.2. The molecule has 0 saturated carbocycles. The normalized spacial score (nSPS) is 13.5. The molecular weight excluding hydrogens is 349 g/mol. The molecule has 0 amide bonds. The smallest absolute Gasteiger partial charge is 0.461 e. The van der Waals surface area contributed by atoms with Gasteiger partial charge < -0.3 is 4.55 Å². The van der Waals surface area contributed by atoms with E-state index in [-0.39, 0.29) is 0 Å². The fraction of sp³-hybridized carbons (Fsp3) is 0.667. The SMILES string of the molecule is CCn1cc[n+](C)c1.O=S(=O)([O-])C(F)(F)C(F)(F)C(F)(F)F. The second-order valence-corrected chi connectivity index (χ2v) is 5.37. The van der Waals surface area contributed by atoms with Crippen LogP contribution < -0.4 is 4.57 Å². The molecule has 0 aliphatic rings. The topological polar surface area (TPSA) is 66.0 Å². The monoisotopic (exact) mass is 360 g/mol. The van der Waals surface area contributed by atoms with Gasteiger partial charge in [-0.3, -0.25) is 0 Å². The van der Waals surface area contributed by atoms with E-state index in [1.54, 1.807) is 0 Å². The first-order chi connectivity index (χ1) is 9.58. The maximum atomic E-state index is 11.8. The van der Waals surface area contributed by atoms with Crippen LogP contribution in [-0.4, -0.2) is 34.9 Å². The van der Waals surface area contributed by atoms with Crippen molar-refractivity contribution in [2.45, 2.75) is 30.8 Å². The Hall–Kier alpha value is -1.37. The van der Waals surface area contributed by atoms with E-state index in [1.165, 1.54) is 0 Å². The highest BCUT2D eigenvalue weighted by Gasteiger charge is 2.76. The molecular formula is C9H11F7N2O3S. The second kappa shape index (κ2) is 6.40. The Bertz CT molecular complexity index is 595. The van der Waals surface area contributed by atoms with Crippen molar-refractivity contribution < 1.29 is 48.3 Å². The number of aromatic nitrogens is 2. The first-order valence-electron chi connectivity index (χ1n) is 5.36. The molecule has 0 aromatic carbocycles. The highest BCUT2D eigenvalue weighted by Crippen LogP contribution is 2.48. The van der Waals surface area contributed by atoms with Gasteiger partial charge in [-0.25, -0.2) is 17.6 Å². The molecule has 13 heteroatoms. The van der Waals surface area contributed by atoms with E-state index < -0.39 is 27.5 Å². The van der Waals surface area contributed by atoms with Crippen LogP contribution in [-0.2, 0) is 23.7 Å². The summed E-state index contributed by atoms with van der Waals surface area (Å²) in [4.78, 5) is 0. The van der Waals surface area contributed by atoms with Gasteiger partial charge in [0.1, 0.15) is 12.4 Å². The molecule has 0 saturated heterocycles. The number of hydrogen-bond acceptors (Lipinski definition) is 3. The lowest BCUT2D eigenvalue weighted by Crippen LogP contribution is -2.55. The number of imidazole rings is 1. The van der Waals surface area contributed by atoms with Crippen LogP contribution >= 0.6 is 0 Å². The molecule has 0 unspecified atom stereocenters. The Morgan fingerprint density at radius 2 is 1.59 bits per heavy atom. The van der Waals surface area contributed by atoms with E-state index in [0.717, 1.165) is 6.54 Å². The van der Waals surface area contributed by atoms with Gasteiger partial charge in [-0.2, -0.15) is 30.7 Å². The van der Waals surface area contributed by atoms with Gasteiger partial charge in [-0.05, 0) is 6.92 Å². The Morgan fingerprint density at radius 1 is 1.14 bits per heavy atom. The summed E-state index contributed by atoms with van der Waals surface area (Å²) in [6.45, 7) is 3.18. The predicted molar refractivity (Wildman–Crippen MR) is 56.9 cm³/mol. The van der Waals surface area contributed by atoms with Gasteiger partial charge in [-0.1, -0.05) is 0 Å². The largest absolute Gasteiger partial charge is 0.743 e. The van der Waals surface area contributed by atoms with E-state index in [0.29, 0.717) is 0 Å². The average Bonchev–Trinajstić information content (AvgIpc) is 2.72. The molecule has 1 aromatic rings. The van der Waals surface area contributed by atoms with Crippen LogP contribution in [0.5, 0.6) is 0 Å². The lowest BCUT2D eigenvalue weighted by atomic mass is 10.3. The molecule has 130 valence electrons. The predicted octanol–water partition coefficient (Wildman–Crippen LogP) is 1.65. The molecule has 0 atom stereocenters. The van der Waals surface area contributed by atoms with Crippen LogP contribution in [0.15, 0.2) is 18.7 Å². The van der Waals surface area contributed by atoms with Crippen molar-refractivity contribution >= 4 is 10.1 Å². The zero-order valence-corrected chi connectivity index (χ0v) is 11.9. The summed E-state index contributed by atoms with van der Waals surface area (Å²) >= 11 is 0. The third kappa shape index (κ3) is 4.32. The van der Waals surface area contributed by atoms with Crippen LogP contribution in [0.3, 0.4) is 0 Å². The zero-order chi connectivity index (χ0) is 18.0. The van der Waals surface area contributed by atoms with Crippen LogP contribution in [0.4, 0.5) is 30.7 Å². The van der Waals surface area contributed by atoms with Crippen LogP contribution in [0.25, 0.3) is 0 Å². The molecule has 1 aromatic heterocycles. The van der Waals surface area contributed by atoms with Crippen molar-refractivity contribution in [3.63, 3.8) is 0 Å². The minimum absolute atomic E-state index is 1.06. The first kappa shape index (κ1) is 20.6. The van der Waals surface area contributed by atoms with Crippen molar-refractivity contribution in [2.75, 3.05) is 0 Å². The fourth-order valence-electron chi connectivity index (χ4n) is 1.01. The first-order valence-corrected chi connectivity index (χ1v) is 6.77.